The van der Waals surface area contributed by atoms with Crippen LogP contribution < -0.4 is 0 Å². The van der Waals surface area contributed by atoms with Crippen molar-refractivity contribution in [3.63, 3.8) is 0 Å². The lowest BCUT2D eigenvalue weighted by Gasteiger charge is -2.07. The normalized spacial score (nSPS) is 10.3. The molecule has 0 atom stereocenters. The smallest absolute Gasteiger partial charge is 0.166 e. The van der Waals surface area contributed by atoms with Crippen molar-refractivity contribution in [2.45, 2.75) is 0 Å². The number of halogens is 2. The minimum Gasteiger partial charge on any atom is -0.313 e. The van der Waals surface area contributed by atoms with Crippen molar-refractivity contribution < 1.29 is 9.18 Å². The molecule has 1 heterocycles. The molecule has 0 saturated carbocycles. The third-order valence-electron chi connectivity index (χ3n) is 2.07. The third-order valence-corrected chi connectivity index (χ3v) is 2.39. The van der Waals surface area contributed by atoms with E-state index in [4.69, 9.17) is 11.6 Å². The Balaban J connectivity index is 2.62. The van der Waals surface area contributed by atoms with Crippen molar-refractivity contribution >= 4 is 17.9 Å². The van der Waals surface area contributed by atoms with Gasteiger partial charge < -0.3 is 4.57 Å². The van der Waals surface area contributed by atoms with Gasteiger partial charge in [0.1, 0.15) is 5.82 Å². The highest BCUT2D eigenvalue weighted by molar-refractivity contribution is 6.32. The van der Waals surface area contributed by atoms with Crippen LogP contribution in [0.15, 0.2) is 36.5 Å². The van der Waals surface area contributed by atoms with E-state index in [0.717, 1.165) is 0 Å². The quantitative estimate of drug-likeness (QED) is 0.717. The molecule has 0 spiro atoms. The minimum atomic E-state index is -0.389. The molecular weight excluding hydrogens is 217 g/mol. The van der Waals surface area contributed by atoms with Crippen molar-refractivity contribution in [3.8, 4) is 5.69 Å². The fourth-order valence-electron chi connectivity index (χ4n) is 1.38. The number of carbonyl (C=O) groups is 1. The molecule has 0 saturated heterocycles. The van der Waals surface area contributed by atoms with Gasteiger partial charge in [-0.1, -0.05) is 11.6 Å². The maximum Gasteiger partial charge on any atom is 0.166 e. The van der Waals surface area contributed by atoms with E-state index in [9.17, 15) is 9.18 Å². The van der Waals surface area contributed by atoms with Gasteiger partial charge >= 0.3 is 0 Å². The van der Waals surface area contributed by atoms with E-state index in [0.29, 0.717) is 22.7 Å². The van der Waals surface area contributed by atoms with Crippen LogP contribution >= 0.6 is 11.6 Å². The van der Waals surface area contributed by atoms with E-state index in [2.05, 4.69) is 0 Å². The number of aromatic nitrogens is 1. The van der Waals surface area contributed by atoms with Gasteiger partial charge in [0.15, 0.2) is 6.29 Å². The first-order valence-electron chi connectivity index (χ1n) is 4.30. The lowest BCUT2D eigenvalue weighted by molar-refractivity contribution is 0.111. The molecule has 2 aromatic rings. The van der Waals surface area contributed by atoms with Crippen LogP contribution in [0.3, 0.4) is 0 Å². The molecule has 0 unspecified atom stereocenters. The summed E-state index contributed by atoms with van der Waals surface area (Å²) >= 11 is 5.91. The van der Waals surface area contributed by atoms with Crippen molar-refractivity contribution in [3.05, 3.63) is 53.1 Å². The molecule has 0 fully saturated rings. The first-order chi connectivity index (χ1) is 7.22. The topological polar surface area (TPSA) is 22.0 Å². The van der Waals surface area contributed by atoms with Crippen LogP contribution in [0.1, 0.15) is 10.5 Å². The average molecular weight is 224 g/mol. The maximum atomic E-state index is 13.0. The molecule has 1 aromatic heterocycles. The Morgan fingerprint density at radius 2 is 2.13 bits per heavy atom. The number of carbonyl (C=O) groups excluding carboxylic acids is 1. The van der Waals surface area contributed by atoms with Gasteiger partial charge in [0.2, 0.25) is 0 Å². The minimum absolute atomic E-state index is 0.389. The molecule has 0 radical (unpaired) electrons. The fraction of sp³-hybridized carbons (Fsp3) is 0. The van der Waals surface area contributed by atoms with Crippen molar-refractivity contribution in [2.75, 3.05) is 0 Å². The maximum absolute atomic E-state index is 13.0. The van der Waals surface area contributed by atoms with E-state index < -0.39 is 0 Å². The van der Waals surface area contributed by atoms with Crippen LogP contribution in [0.5, 0.6) is 0 Å². The molecule has 0 N–H and O–H groups in total. The standard InChI is InChI=1S/C11H7ClFNO/c12-10-4-3-8(13)6-11(10)14-5-1-2-9(14)7-15/h1-7H. The molecular formula is C11H7ClFNO. The summed E-state index contributed by atoms with van der Waals surface area (Å²) < 4.78 is 14.6. The molecule has 4 heteroatoms. The lowest BCUT2D eigenvalue weighted by Crippen LogP contribution is -1.98. The highest BCUT2D eigenvalue weighted by atomic mass is 35.5. The summed E-state index contributed by atoms with van der Waals surface area (Å²) in [7, 11) is 0. The highest BCUT2D eigenvalue weighted by Crippen LogP contribution is 2.22. The molecule has 2 rings (SSSR count). The molecule has 0 bridgehead atoms. The summed E-state index contributed by atoms with van der Waals surface area (Å²) in [4.78, 5) is 10.7. The van der Waals surface area contributed by atoms with Gasteiger partial charge in [0.05, 0.1) is 16.4 Å². The lowest BCUT2D eigenvalue weighted by atomic mass is 10.3. The van der Waals surface area contributed by atoms with Crippen LogP contribution in [0, 0.1) is 5.82 Å². The number of hydrogen-bond acceptors (Lipinski definition) is 1. The highest BCUT2D eigenvalue weighted by Gasteiger charge is 2.07. The summed E-state index contributed by atoms with van der Waals surface area (Å²) in [6, 6.07) is 7.35. The number of rotatable bonds is 2. The van der Waals surface area contributed by atoms with Crippen LogP contribution in [-0.4, -0.2) is 10.9 Å². The summed E-state index contributed by atoms with van der Waals surface area (Å²) in [6.45, 7) is 0. The zero-order chi connectivity index (χ0) is 10.8. The van der Waals surface area contributed by atoms with Gasteiger partial charge in [0.25, 0.3) is 0 Å². The van der Waals surface area contributed by atoms with Crippen LogP contribution in [0.25, 0.3) is 5.69 Å². The molecule has 1 aromatic carbocycles. The van der Waals surface area contributed by atoms with Gasteiger partial charge in [-0.05, 0) is 30.3 Å². The molecule has 76 valence electrons. The van der Waals surface area contributed by atoms with Crippen molar-refractivity contribution in [1.82, 2.24) is 4.57 Å². The predicted octanol–water partition coefficient (Wildman–Crippen LogP) is 3.08. The molecule has 2 nitrogen and oxygen atoms in total. The Hall–Kier alpha value is -1.61. The second-order valence-electron chi connectivity index (χ2n) is 3.02. The first-order valence-corrected chi connectivity index (χ1v) is 4.68. The Labute approximate surface area is 90.9 Å². The Bertz CT molecular complexity index is 507. The SMILES string of the molecule is O=Cc1cccn1-c1cc(F)ccc1Cl. The van der Waals surface area contributed by atoms with E-state index >= 15 is 0 Å². The zero-order valence-corrected chi connectivity index (χ0v) is 8.41. The van der Waals surface area contributed by atoms with Crippen LogP contribution in [0.2, 0.25) is 5.02 Å². The van der Waals surface area contributed by atoms with Gasteiger partial charge in [-0.3, -0.25) is 4.79 Å². The molecule has 0 aliphatic carbocycles. The summed E-state index contributed by atoms with van der Waals surface area (Å²) in [5, 5.41) is 0.399. The van der Waals surface area contributed by atoms with Gasteiger partial charge in [-0.15, -0.1) is 0 Å². The predicted molar refractivity (Wildman–Crippen MR) is 56.1 cm³/mol. The molecule has 0 amide bonds. The van der Waals surface area contributed by atoms with E-state index in [1.54, 1.807) is 22.9 Å². The Kier molecular flexibility index (Phi) is 2.56. The van der Waals surface area contributed by atoms with Crippen LogP contribution in [0.4, 0.5) is 4.39 Å². The number of benzene rings is 1. The Morgan fingerprint density at radius 3 is 2.87 bits per heavy atom. The monoisotopic (exact) mass is 223 g/mol. The van der Waals surface area contributed by atoms with Gasteiger partial charge in [-0.2, -0.15) is 0 Å². The van der Waals surface area contributed by atoms with Gasteiger partial charge in [-0.25, -0.2) is 4.39 Å². The van der Waals surface area contributed by atoms with Crippen LogP contribution in [-0.2, 0) is 0 Å². The van der Waals surface area contributed by atoms with E-state index in [-0.39, 0.29) is 5.82 Å². The van der Waals surface area contributed by atoms with E-state index in [1.165, 1.54) is 18.2 Å². The first kappa shape index (κ1) is 9.93. The summed E-state index contributed by atoms with van der Waals surface area (Å²) in [5.74, 6) is -0.389. The fourth-order valence-corrected chi connectivity index (χ4v) is 1.59. The summed E-state index contributed by atoms with van der Waals surface area (Å²) in [5.41, 5.74) is 0.895. The number of aldehydes is 1. The second kappa shape index (κ2) is 3.87. The second-order valence-corrected chi connectivity index (χ2v) is 3.42. The van der Waals surface area contributed by atoms with Gasteiger partial charge in [0, 0.05) is 6.20 Å². The third kappa shape index (κ3) is 1.78. The number of hydrogen-bond donors (Lipinski definition) is 0. The number of nitrogens with zero attached hydrogens (tertiary/aromatic N) is 1. The molecule has 15 heavy (non-hydrogen) atoms. The largest absolute Gasteiger partial charge is 0.313 e. The zero-order valence-electron chi connectivity index (χ0n) is 7.65. The van der Waals surface area contributed by atoms with E-state index in [1.807, 2.05) is 0 Å². The summed E-state index contributed by atoms with van der Waals surface area (Å²) in [6.07, 6.45) is 2.35. The molecule has 0 aliphatic rings. The average Bonchev–Trinajstić information content (AvgIpc) is 2.69. The van der Waals surface area contributed by atoms with Crippen molar-refractivity contribution in [1.29, 1.82) is 0 Å². The Morgan fingerprint density at radius 1 is 1.33 bits per heavy atom. The van der Waals surface area contributed by atoms with Crippen molar-refractivity contribution in [2.24, 2.45) is 0 Å². The molecule has 0 aliphatic heterocycles.